The van der Waals surface area contributed by atoms with Crippen molar-refractivity contribution in [3.05, 3.63) is 47.8 Å². The molecule has 1 aliphatic rings. The number of fused-ring (bicyclic) bond motifs is 1. The summed E-state index contributed by atoms with van der Waals surface area (Å²) in [6.45, 7) is 0.177. The van der Waals surface area contributed by atoms with Crippen LogP contribution in [0.5, 0.6) is 5.75 Å². The van der Waals surface area contributed by atoms with E-state index < -0.39 is 11.4 Å². The minimum absolute atomic E-state index is 0.177. The van der Waals surface area contributed by atoms with Crippen molar-refractivity contribution in [3.63, 3.8) is 0 Å². The summed E-state index contributed by atoms with van der Waals surface area (Å²) in [6, 6.07) is 9.45. The summed E-state index contributed by atoms with van der Waals surface area (Å²) < 4.78 is 7.35. The van der Waals surface area contributed by atoms with E-state index in [1.165, 1.54) is 0 Å². The molecule has 0 spiro atoms. The molecule has 0 saturated carbocycles. The highest BCUT2D eigenvalue weighted by Gasteiger charge is 2.43. The molecule has 1 aliphatic heterocycles. The molecule has 1 aromatic heterocycles. The molecular weight excluding hydrogens is 256 g/mol. The maximum absolute atomic E-state index is 11.8. The number of benzene rings is 1. The highest BCUT2D eigenvalue weighted by Crippen LogP contribution is 2.37. The second-order valence-corrected chi connectivity index (χ2v) is 5.32. The monoisotopic (exact) mass is 272 g/mol. The van der Waals surface area contributed by atoms with Crippen molar-refractivity contribution >= 4 is 5.97 Å². The lowest BCUT2D eigenvalue weighted by atomic mass is 9.77. The number of hydrogen-bond donors (Lipinski definition) is 1. The molecule has 0 bridgehead atoms. The van der Waals surface area contributed by atoms with Crippen LogP contribution in [-0.2, 0) is 24.7 Å². The second-order valence-electron chi connectivity index (χ2n) is 5.32. The molecule has 3 rings (SSSR count). The Bertz CT molecular complexity index is 650. The molecular formula is C15H16N2O3. The van der Waals surface area contributed by atoms with Gasteiger partial charge in [-0.05, 0) is 24.1 Å². The Balaban J connectivity index is 1.92. The lowest BCUT2D eigenvalue weighted by Crippen LogP contribution is -2.43. The summed E-state index contributed by atoms with van der Waals surface area (Å²) in [6.07, 6.45) is 2.66. The molecule has 5 nitrogen and oxygen atoms in total. The van der Waals surface area contributed by atoms with E-state index in [2.05, 4.69) is 5.10 Å². The SMILES string of the molecule is Cn1ccc(CC2(C(=O)O)COc3ccccc3C2)n1. The van der Waals surface area contributed by atoms with Gasteiger partial charge in [0.15, 0.2) is 0 Å². The lowest BCUT2D eigenvalue weighted by molar-refractivity contribution is -0.151. The van der Waals surface area contributed by atoms with Crippen molar-refractivity contribution in [2.24, 2.45) is 12.5 Å². The standard InChI is InChI=1S/C15H16N2O3/c1-17-7-6-12(16-17)9-15(14(18)19)8-11-4-2-3-5-13(11)20-10-15/h2-7H,8-10H2,1H3,(H,18,19). The number of carboxylic acid groups (broad SMARTS) is 1. The zero-order chi connectivity index (χ0) is 14.2. The average Bonchev–Trinajstić information content (AvgIpc) is 2.83. The van der Waals surface area contributed by atoms with Gasteiger partial charge in [0.2, 0.25) is 0 Å². The van der Waals surface area contributed by atoms with Crippen molar-refractivity contribution in [2.75, 3.05) is 6.61 Å². The van der Waals surface area contributed by atoms with Gasteiger partial charge in [-0.3, -0.25) is 9.48 Å². The molecule has 0 aliphatic carbocycles. The molecule has 0 saturated heterocycles. The topological polar surface area (TPSA) is 64.4 Å². The minimum atomic E-state index is -0.942. The van der Waals surface area contributed by atoms with Crippen LogP contribution in [0.15, 0.2) is 36.5 Å². The summed E-state index contributed by atoms with van der Waals surface area (Å²) in [5, 5.41) is 14.0. The molecule has 1 unspecified atom stereocenters. The van der Waals surface area contributed by atoms with Crippen LogP contribution in [0, 0.1) is 5.41 Å². The third-order valence-electron chi connectivity index (χ3n) is 3.75. The van der Waals surface area contributed by atoms with E-state index in [4.69, 9.17) is 4.74 Å². The number of ether oxygens (including phenoxy) is 1. The van der Waals surface area contributed by atoms with E-state index in [1.54, 1.807) is 4.68 Å². The van der Waals surface area contributed by atoms with E-state index >= 15 is 0 Å². The van der Waals surface area contributed by atoms with E-state index in [0.29, 0.717) is 12.8 Å². The van der Waals surface area contributed by atoms with Gasteiger partial charge in [0.05, 0.1) is 5.69 Å². The van der Waals surface area contributed by atoms with Gasteiger partial charge in [0.1, 0.15) is 17.8 Å². The van der Waals surface area contributed by atoms with Crippen molar-refractivity contribution in [1.29, 1.82) is 0 Å². The smallest absolute Gasteiger partial charge is 0.313 e. The van der Waals surface area contributed by atoms with Crippen LogP contribution in [0.4, 0.5) is 0 Å². The van der Waals surface area contributed by atoms with Crippen LogP contribution >= 0.6 is 0 Å². The highest BCUT2D eigenvalue weighted by molar-refractivity contribution is 5.76. The van der Waals surface area contributed by atoms with Crippen LogP contribution in [0.1, 0.15) is 11.3 Å². The summed E-state index contributed by atoms with van der Waals surface area (Å²) >= 11 is 0. The lowest BCUT2D eigenvalue weighted by Gasteiger charge is -2.33. The third kappa shape index (κ3) is 2.15. The van der Waals surface area contributed by atoms with Gasteiger partial charge in [-0.25, -0.2) is 0 Å². The summed E-state index contributed by atoms with van der Waals surface area (Å²) in [7, 11) is 1.82. The number of para-hydroxylation sites is 1. The second kappa shape index (κ2) is 4.67. The molecule has 104 valence electrons. The quantitative estimate of drug-likeness (QED) is 0.923. The minimum Gasteiger partial charge on any atom is -0.492 e. The van der Waals surface area contributed by atoms with Crippen LogP contribution in [-0.4, -0.2) is 27.5 Å². The Kier molecular flexibility index (Phi) is 2.97. The molecule has 0 radical (unpaired) electrons. The molecule has 1 N–H and O–H groups in total. The van der Waals surface area contributed by atoms with Crippen LogP contribution in [0.25, 0.3) is 0 Å². The summed E-state index contributed by atoms with van der Waals surface area (Å²) in [4.78, 5) is 11.8. The van der Waals surface area contributed by atoms with E-state index in [-0.39, 0.29) is 6.61 Å². The Morgan fingerprint density at radius 1 is 1.45 bits per heavy atom. The number of carboxylic acids is 1. The number of aliphatic carboxylic acids is 1. The van der Waals surface area contributed by atoms with Crippen LogP contribution < -0.4 is 4.74 Å². The van der Waals surface area contributed by atoms with Crippen LogP contribution in [0.2, 0.25) is 0 Å². The Morgan fingerprint density at radius 2 is 2.25 bits per heavy atom. The van der Waals surface area contributed by atoms with E-state index in [0.717, 1.165) is 17.0 Å². The Morgan fingerprint density at radius 3 is 2.95 bits per heavy atom. The first kappa shape index (κ1) is 12.7. The highest BCUT2D eigenvalue weighted by atomic mass is 16.5. The van der Waals surface area contributed by atoms with E-state index in [1.807, 2.05) is 43.6 Å². The molecule has 1 atom stereocenters. The summed E-state index contributed by atoms with van der Waals surface area (Å²) in [5.41, 5.74) is 0.776. The van der Waals surface area contributed by atoms with Crippen molar-refractivity contribution in [3.8, 4) is 5.75 Å². The molecule has 20 heavy (non-hydrogen) atoms. The predicted octanol–water partition coefficient (Wildman–Crippen LogP) is 1.67. The normalized spacial score (nSPS) is 21.1. The van der Waals surface area contributed by atoms with Gasteiger partial charge < -0.3 is 9.84 Å². The number of carbonyl (C=O) groups is 1. The van der Waals surface area contributed by atoms with Crippen LogP contribution in [0.3, 0.4) is 0 Å². The maximum atomic E-state index is 11.8. The Labute approximate surface area is 116 Å². The zero-order valence-electron chi connectivity index (χ0n) is 11.2. The molecule has 0 fully saturated rings. The van der Waals surface area contributed by atoms with Gasteiger partial charge in [-0.2, -0.15) is 5.10 Å². The molecule has 2 heterocycles. The largest absolute Gasteiger partial charge is 0.492 e. The average molecular weight is 272 g/mol. The maximum Gasteiger partial charge on any atom is 0.313 e. The van der Waals surface area contributed by atoms with Gasteiger partial charge >= 0.3 is 5.97 Å². The molecule has 5 heteroatoms. The molecule has 2 aromatic rings. The number of rotatable bonds is 3. The van der Waals surface area contributed by atoms with Crippen molar-refractivity contribution in [2.45, 2.75) is 12.8 Å². The fourth-order valence-electron chi connectivity index (χ4n) is 2.65. The first-order chi connectivity index (χ1) is 9.59. The van der Waals surface area contributed by atoms with Gasteiger partial charge in [-0.15, -0.1) is 0 Å². The fraction of sp³-hybridized carbons (Fsp3) is 0.333. The van der Waals surface area contributed by atoms with E-state index in [9.17, 15) is 9.90 Å². The molecule has 0 amide bonds. The summed E-state index contributed by atoms with van der Waals surface area (Å²) in [5.74, 6) is -0.0527. The van der Waals surface area contributed by atoms with Gasteiger partial charge in [0.25, 0.3) is 0 Å². The number of nitrogens with zero attached hydrogens (tertiary/aromatic N) is 2. The fourth-order valence-corrected chi connectivity index (χ4v) is 2.65. The van der Waals surface area contributed by atoms with Crippen molar-refractivity contribution in [1.82, 2.24) is 9.78 Å². The zero-order valence-corrected chi connectivity index (χ0v) is 11.2. The van der Waals surface area contributed by atoms with Crippen molar-refractivity contribution < 1.29 is 14.6 Å². The molecule has 1 aromatic carbocycles. The number of aryl methyl sites for hydroxylation is 1. The first-order valence-corrected chi connectivity index (χ1v) is 6.52. The first-order valence-electron chi connectivity index (χ1n) is 6.52. The van der Waals surface area contributed by atoms with Gasteiger partial charge in [0, 0.05) is 19.7 Å². The predicted molar refractivity (Wildman–Crippen MR) is 72.6 cm³/mol. The third-order valence-corrected chi connectivity index (χ3v) is 3.75. The number of hydrogen-bond acceptors (Lipinski definition) is 3. The number of aromatic nitrogens is 2. The Hall–Kier alpha value is -2.30. The van der Waals surface area contributed by atoms with Gasteiger partial charge in [-0.1, -0.05) is 18.2 Å².